The lowest BCUT2D eigenvalue weighted by Gasteiger charge is -2.31. The quantitative estimate of drug-likeness (QED) is 0.0833. The van der Waals surface area contributed by atoms with Gasteiger partial charge in [-0.2, -0.15) is 20.4 Å². The molecule has 0 radical (unpaired) electrons. The van der Waals surface area contributed by atoms with Crippen LogP contribution in [0.1, 0.15) is 140 Å². The fourth-order valence-electron chi connectivity index (χ4n) is 21.0. The van der Waals surface area contributed by atoms with E-state index >= 15 is 0 Å². The van der Waals surface area contributed by atoms with Crippen molar-refractivity contribution in [2.75, 3.05) is 85.1 Å². The van der Waals surface area contributed by atoms with Gasteiger partial charge in [-0.1, -0.05) is 61.5 Å². The molecule has 31 nitrogen and oxygen atoms in total. The Morgan fingerprint density at radius 1 is 0.333 bits per heavy atom. The van der Waals surface area contributed by atoms with E-state index in [0.717, 1.165) is 231 Å². The van der Waals surface area contributed by atoms with Gasteiger partial charge in [-0.3, -0.25) is 64.7 Å². The highest BCUT2D eigenvalue weighted by atomic mass is 16.3. The first-order valence-corrected chi connectivity index (χ1v) is 49.2. The SMILES string of the molecule is CCN1CCC(c2ccc3nc(-c4ccc5c(cnn5C)c4)cc(=O)n3c2)CC1.Cc1cn2cc(-c3cc(=O)n4cc(C5CCNCC5)ccc4n3)cc(C)c2n1.Cn1cc2cc(-c3cc(=O)n4cc(C5CCNCC5)ccc4n3)ccc2n1.Cn1ncc2cc(-c3cc(=O)n4cc(C5CCN(CCO)CC5)ccc4n3)ccc21.Cn1ncc2cc(-c3cc(=O)n4cc(C5CCNCC5)ccc4n3)ccc21. The second kappa shape index (κ2) is 40.1. The van der Waals surface area contributed by atoms with Gasteiger partial charge >= 0.3 is 0 Å². The lowest BCUT2D eigenvalue weighted by molar-refractivity contribution is 0.164. The molecule has 0 saturated carbocycles. The molecular weight excluding hydrogens is 1770 g/mol. The molecule has 4 N–H and O–H groups in total. The van der Waals surface area contributed by atoms with Crippen LogP contribution < -0.4 is 43.7 Å². The van der Waals surface area contributed by atoms with Gasteiger partial charge in [0.2, 0.25) is 0 Å². The van der Waals surface area contributed by atoms with Crippen molar-refractivity contribution in [3.05, 3.63) is 329 Å². The molecule has 4 aromatic carbocycles. The molecule has 141 heavy (non-hydrogen) atoms. The number of rotatable bonds is 13. The number of hydrogen-bond acceptors (Lipinski definition) is 21. The minimum Gasteiger partial charge on any atom is -0.395 e. The number of aromatic nitrogens is 20. The Balaban J connectivity index is 0.000000105. The fourth-order valence-corrected chi connectivity index (χ4v) is 21.0. The number of hydrogen-bond donors (Lipinski definition) is 4. The Labute approximate surface area is 812 Å². The maximum atomic E-state index is 12.9. The van der Waals surface area contributed by atoms with Crippen molar-refractivity contribution in [3.8, 4) is 56.3 Å². The zero-order valence-corrected chi connectivity index (χ0v) is 80.5. The highest BCUT2D eigenvalue weighted by molar-refractivity contribution is 5.87. The normalized spacial score (nSPS) is 15.7. The molecule has 0 spiro atoms. The maximum Gasteiger partial charge on any atom is 0.258 e. The van der Waals surface area contributed by atoms with Crippen LogP contribution in [0.5, 0.6) is 0 Å². The van der Waals surface area contributed by atoms with Crippen molar-refractivity contribution >= 4 is 77.5 Å². The summed E-state index contributed by atoms with van der Waals surface area (Å²) in [5.74, 6) is 2.47. The predicted octanol–water partition coefficient (Wildman–Crippen LogP) is 14.4. The molecular formula is C110H115N25O6. The van der Waals surface area contributed by atoms with E-state index in [0.29, 0.717) is 86.3 Å². The third-order valence-electron chi connectivity index (χ3n) is 29.0. The van der Waals surface area contributed by atoms with Crippen LogP contribution in [0.3, 0.4) is 0 Å². The summed E-state index contributed by atoms with van der Waals surface area (Å²) >= 11 is 0. The molecule has 16 aromatic heterocycles. The van der Waals surface area contributed by atoms with Crippen molar-refractivity contribution in [1.82, 2.24) is 121 Å². The van der Waals surface area contributed by atoms with E-state index in [4.69, 9.17) is 30.0 Å². The Morgan fingerprint density at radius 3 is 0.993 bits per heavy atom. The maximum absolute atomic E-state index is 12.9. The zero-order valence-electron chi connectivity index (χ0n) is 80.5. The smallest absolute Gasteiger partial charge is 0.258 e. The topological polar surface area (TPSA) is 323 Å². The van der Waals surface area contributed by atoms with Crippen LogP contribution in [-0.2, 0) is 28.2 Å². The molecule has 0 aliphatic carbocycles. The number of pyridine rings is 6. The van der Waals surface area contributed by atoms with Crippen molar-refractivity contribution in [3.63, 3.8) is 0 Å². The Bertz CT molecular complexity index is 8310. The number of imidazole rings is 1. The number of likely N-dealkylation sites (tertiary alicyclic amines) is 2. The molecule has 5 aliphatic rings. The fraction of sp³-hybridized carbons (Fsp3) is 0.318. The summed E-state index contributed by atoms with van der Waals surface area (Å²) in [6.07, 6.45) is 32.3. The summed E-state index contributed by atoms with van der Waals surface area (Å²) < 4.78 is 17.7. The number of nitrogens with zero attached hydrogens (tertiary/aromatic N) is 22. The molecule has 21 heterocycles. The van der Waals surface area contributed by atoms with Crippen molar-refractivity contribution in [1.29, 1.82) is 0 Å². The second-order valence-corrected chi connectivity index (χ2v) is 38.2. The highest BCUT2D eigenvalue weighted by Crippen LogP contribution is 2.36. The van der Waals surface area contributed by atoms with Crippen molar-refractivity contribution < 1.29 is 5.11 Å². The van der Waals surface area contributed by atoms with E-state index in [-0.39, 0.29) is 34.4 Å². The van der Waals surface area contributed by atoms with Gasteiger partial charge in [0, 0.05) is 164 Å². The highest BCUT2D eigenvalue weighted by Gasteiger charge is 2.26. The van der Waals surface area contributed by atoms with Gasteiger partial charge in [-0.15, -0.1) is 0 Å². The summed E-state index contributed by atoms with van der Waals surface area (Å²) in [5, 5.41) is 40.7. The number of fused-ring (bicyclic) bond motifs is 10. The van der Waals surface area contributed by atoms with Gasteiger partial charge < -0.3 is 35.3 Å². The Kier molecular flexibility index (Phi) is 26.3. The van der Waals surface area contributed by atoms with Gasteiger partial charge in [-0.25, -0.2) is 29.9 Å². The van der Waals surface area contributed by atoms with Crippen LogP contribution >= 0.6 is 0 Å². The summed E-state index contributed by atoms with van der Waals surface area (Å²) in [6.45, 7) is 18.7. The lowest BCUT2D eigenvalue weighted by Crippen LogP contribution is -2.35. The number of piperidine rings is 5. The van der Waals surface area contributed by atoms with Crippen LogP contribution in [0, 0.1) is 13.8 Å². The van der Waals surface area contributed by atoms with E-state index < -0.39 is 0 Å². The van der Waals surface area contributed by atoms with Gasteiger partial charge in [0.1, 0.15) is 33.9 Å². The molecule has 25 rings (SSSR count). The van der Waals surface area contributed by atoms with Crippen LogP contribution in [0.15, 0.2) is 262 Å². The van der Waals surface area contributed by atoms with Crippen LogP contribution in [0.4, 0.5) is 0 Å². The summed E-state index contributed by atoms with van der Waals surface area (Å²) in [4.78, 5) is 97.2. The average Bonchev–Trinajstić information content (AvgIpc) is 1.76. The van der Waals surface area contributed by atoms with E-state index in [1.54, 1.807) is 57.0 Å². The first kappa shape index (κ1) is 92.4. The Hall–Kier alpha value is -15.0. The molecule has 0 bridgehead atoms. The molecule has 31 heteroatoms. The van der Waals surface area contributed by atoms with Gasteiger partial charge in [0.25, 0.3) is 27.8 Å². The number of aliphatic hydroxyl groups is 1. The molecule has 716 valence electrons. The zero-order chi connectivity index (χ0) is 96.6. The summed E-state index contributed by atoms with van der Waals surface area (Å²) in [5.41, 5.74) is 24.4. The summed E-state index contributed by atoms with van der Waals surface area (Å²) in [6, 6.07) is 54.7. The number of benzene rings is 4. The van der Waals surface area contributed by atoms with Crippen LogP contribution in [0.2, 0.25) is 0 Å². The minimum atomic E-state index is -0.0687. The van der Waals surface area contributed by atoms with E-state index in [1.165, 1.54) is 27.8 Å². The standard InChI is InChI=1S/C23H25N5O2.C23H25N5O.C22H23N5O.2C21H21N5O/c1-26-21-4-2-17(12-19(21)14-24-26)20-13-23(30)28-15-18(3-5-22(28)25-20)16-6-8-27(9-7-16)10-11-29;1-3-27-10-8-16(9-11-27)18-5-7-22-25-20(13-23(29)28(22)15-18)17-4-6-21-19(12-17)14-24-26(21)2;1-14-9-18(12-26-11-15(2)24-22(14)26)19-10-21(28)27-13-17(3-4-20(27)25-19)16-5-7-23-8-6-16;1-25-19-4-2-15(10-17(19)12-23-25)18-11-21(27)26-13-16(3-5-20(26)24-18)14-6-8-22-9-7-14;1-25-12-17-10-15(2-4-18(17)24-25)19-11-21(27)26-13-16(3-5-20(26)23-19)14-6-8-22-9-7-14/h2-5,12-16,29H,6-11H2,1H3;4-7,12-16H,3,8-11H2,1-2H3;3-4,9-13,16,23H,5-8H2,1-2H3;2*2-5,10-14,22H,6-9H2,1H3. The predicted molar refractivity (Wildman–Crippen MR) is 554 cm³/mol. The molecule has 0 unspecified atom stereocenters. The van der Waals surface area contributed by atoms with E-state index in [2.05, 4.69) is 88.4 Å². The number of aryl methyl sites for hydroxylation is 6. The largest absolute Gasteiger partial charge is 0.395 e. The molecule has 20 aromatic rings. The van der Waals surface area contributed by atoms with Crippen LogP contribution in [0.25, 0.3) is 134 Å². The average molecular weight is 1880 g/mol. The molecule has 0 amide bonds. The number of aliphatic hydroxyl groups excluding tert-OH is 1. The molecule has 0 atom stereocenters. The van der Waals surface area contributed by atoms with Crippen LogP contribution in [-0.4, -0.2) is 195 Å². The third-order valence-corrected chi connectivity index (χ3v) is 29.0. The number of β-amino-alcohol motifs (C(OH)–C–C–N with tert-alkyl or cyclic N) is 1. The Morgan fingerprint density at radius 2 is 0.652 bits per heavy atom. The van der Waals surface area contributed by atoms with Crippen molar-refractivity contribution in [2.24, 2.45) is 28.2 Å². The third kappa shape index (κ3) is 19.7. The monoisotopic (exact) mass is 1880 g/mol. The summed E-state index contributed by atoms with van der Waals surface area (Å²) in [7, 11) is 7.66. The van der Waals surface area contributed by atoms with E-state index in [9.17, 15) is 24.0 Å². The lowest BCUT2D eigenvalue weighted by atomic mass is 9.90. The first-order chi connectivity index (χ1) is 68.7. The minimum absolute atomic E-state index is 0.0378. The first-order valence-electron chi connectivity index (χ1n) is 49.2. The van der Waals surface area contributed by atoms with Gasteiger partial charge in [0.05, 0.1) is 81.4 Å². The van der Waals surface area contributed by atoms with E-state index in [1.807, 2.05) is 238 Å². The molecule has 5 saturated heterocycles. The van der Waals surface area contributed by atoms with Gasteiger partial charge in [0.15, 0.2) is 0 Å². The van der Waals surface area contributed by atoms with Crippen molar-refractivity contribution in [2.45, 2.75) is 115 Å². The molecule has 5 aliphatic heterocycles. The number of nitrogens with one attached hydrogen (secondary N) is 3. The van der Waals surface area contributed by atoms with Gasteiger partial charge in [-0.05, 0) is 298 Å². The second-order valence-electron chi connectivity index (χ2n) is 38.2. The molecule has 5 fully saturated rings.